The first kappa shape index (κ1) is 14.0. The van der Waals surface area contributed by atoms with Gasteiger partial charge in [-0.05, 0) is 30.7 Å². The summed E-state index contributed by atoms with van der Waals surface area (Å²) in [4.78, 5) is 0.0303. The molecule has 0 saturated heterocycles. The summed E-state index contributed by atoms with van der Waals surface area (Å²) in [5.74, 6) is -0.256. The maximum absolute atomic E-state index is 12.1. The quantitative estimate of drug-likeness (QED) is 0.774. The lowest BCUT2D eigenvalue weighted by Crippen LogP contribution is -2.35. The Morgan fingerprint density at radius 2 is 2.00 bits per heavy atom. The van der Waals surface area contributed by atoms with Crippen molar-refractivity contribution in [1.29, 1.82) is 0 Å². The number of sulfonamides is 1. The molecule has 0 radical (unpaired) electrons. The molecule has 0 spiro atoms. The number of nitrogens with two attached hydrogens (primary N) is 1. The number of nitrogen functional groups attached to an aromatic ring is 1. The van der Waals surface area contributed by atoms with Gasteiger partial charge < -0.3 is 5.73 Å². The molecule has 0 aliphatic carbocycles. The van der Waals surface area contributed by atoms with Gasteiger partial charge in [-0.1, -0.05) is 6.08 Å². The number of hydrogen-bond acceptors (Lipinski definition) is 5. The van der Waals surface area contributed by atoms with Gasteiger partial charge in [0.05, 0.1) is 16.7 Å². The molecule has 1 heterocycles. The largest absolute Gasteiger partial charge is 0.399 e. The van der Waals surface area contributed by atoms with Crippen LogP contribution < -0.4 is 10.5 Å². The van der Waals surface area contributed by atoms with E-state index < -0.39 is 25.9 Å². The average Bonchev–Trinajstić information content (AvgIpc) is 2.55. The molecule has 1 aromatic carbocycles. The molecule has 104 valence electrons. The normalized spacial score (nSPS) is 21.6. The number of rotatable bonds is 3. The molecule has 0 bridgehead atoms. The van der Waals surface area contributed by atoms with Crippen molar-refractivity contribution < 1.29 is 16.8 Å². The fourth-order valence-electron chi connectivity index (χ4n) is 1.85. The molecule has 8 heteroatoms. The van der Waals surface area contributed by atoms with Gasteiger partial charge in [-0.2, -0.15) is 0 Å². The first-order valence-corrected chi connectivity index (χ1v) is 8.68. The van der Waals surface area contributed by atoms with Crippen LogP contribution in [0.15, 0.2) is 34.6 Å². The Labute approximate surface area is 112 Å². The lowest BCUT2D eigenvalue weighted by Gasteiger charge is -2.12. The smallest absolute Gasteiger partial charge is 0.241 e. The molecule has 0 fully saturated rings. The van der Waals surface area contributed by atoms with Gasteiger partial charge in [-0.3, -0.25) is 0 Å². The van der Waals surface area contributed by atoms with Crippen molar-refractivity contribution in [2.45, 2.75) is 17.9 Å². The van der Waals surface area contributed by atoms with Crippen molar-refractivity contribution in [3.8, 4) is 0 Å². The summed E-state index contributed by atoms with van der Waals surface area (Å²) in [5, 5.41) is 1.02. The second-order valence-electron chi connectivity index (χ2n) is 4.47. The van der Waals surface area contributed by atoms with Gasteiger partial charge in [0.2, 0.25) is 10.0 Å². The molecule has 1 atom stereocenters. The molecule has 19 heavy (non-hydrogen) atoms. The van der Waals surface area contributed by atoms with E-state index in [1.807, 2.05) is 0 Å². The predicted molar refractivity (Wildman–Crippen MR) is 72.6 cm³/mol. The summed E-state index contributed by atoms with van der Waals surface area (Å²) in [6, 6.07) is 3.73. The lowest BCUT2D eigenvalue weighted by atomic mass is 10.2. The van der Waals surface area contributed by atoms with Crippen molar-refractivity contribution >= 4 is 25.5 Å². The maximum atomic E-state index is 12.1. The standard InChI is InChI=1S/C11H14N2O4S2/c1-8-4-9(12)6-11(5-8)19(16,17)13-10-2-3-18(14,15)7-10/h2-6,10,13H,7,12H2,1H3. The Kier molecular flexibility index (Phi) is 3.41. The van der Waals surface area contributed by atoms with Gasteiger partial charge >= 0.3 is 0 Å². The van der Waals surface area contributed by atoms with Crippen LogP contribution in [-0.2, 0) is 19.9 Å². The van der Waals surface area contributed by atoms with Gasteiger partial charge in [0, 0.05) is 11.1 Å². The van der Waals surface area contributed by atoms with Crippen LogP contribution in [0.2, 0.25) is 0 Å². The predicted octanol–water partition coefficient (Wildman–Crippen LogP) is 0.166. The van der Waals surface area contributed by atoms with Gasteiger partial charge in [-0.15, -0.1) is 0 Å². The van der Waals surface area contributed by atoms with Crippen LogP contribution in [0.3, 0.4) is 0 Å². The van der Waals surface area contributed by atoms with Crippen LogP contribution in [0.5, 0.6) is 0 Å². The van der Waals surface area contributed by atoms with E-state index in [0.29, 0.717) is 5.69 Å². The third-order valence-electron chi connectivity index (χ3n) is 2.62. The Balaban J connectivity index is 2.27. The summed E-state index contributed by atoms with van der Waals surface area (Å²) in [5.41, 5.74) is 6.67. The van der Waals surface area contributed by atoms with Crippen LogP contribution >= 0.6 is 0 Å². The first-order valence-electron chi connectivity index (χ1n) is 5.48. The Bertz CT molecular complexity index is 716. The summed E-state index contributed by atoms with van der Waals surface area (Å²) in [7, 11) is -7.08. The maximum Gasteiger partial charge on any atom is 0.241 e. The van der Waals surface area contributed by atoms with Crippen molar-refractivity contribution in [1.82, 2.24) is 4.72 Å². The van der Waals surface area contributed by atoms with E-state index in [1.54, 1.807) is 13.0 Å². The molecular formula is C11H14N2O4S2. The van der Waals surface area contributed by atoms with E-state index in [0.717, 1.165) is 11.0 Å². The van der Waals surface area contributed by atoms with E-state index in [9.17, 15) is 16.8 Å². The highest BCUT2D eigenvalue weighted by Crippen LogP contribution is 2.18. The number of benzene rings is 1. The number of sulfone groups is 1. The van der Waals surface area contributed by atoms with E-state index in [1.165, 1.54) is 18.2 Å². The van der Waals surface area contributed by atoms with Crippen LogP contribution in [0.1, 0.15) is 5.56 Å². The van der Waals surface area contributed by atoms with Gasteiger partial charge in [0.25, 0.3) is 0 Å². The second-order valence-corrected chi connectivity index (χ2v) is 8.11. The summed E-state index contributed by atoms with van der Waals surface area (Å²) in [6.45, 7) is 1.73. The highest BCUT2D eigenvalue weighted by Gasteiger charge is 2.26. The zero-order chi connectivity index (χ0) is 14.3. The van der Waals surface area contributed by atoms with Crippen LogP contribution in [0, 0.1) is 6.92 Å². The highest BCUT2D eigenvalue weighted by molar-refractivity contribution is 7.94. The zero-order valence-corrected chi connectivity index (χ0v) is 11.8. The van der Waals surface area contributed by atoms with Crippen molar-refractivity contribution in [3.63, 3.8) is 0 Å². The second kappa shape index (κ2) is 4.62. The van der Waals surface area contributed by atoms with E-state index in [-0.39, 0.29) is 10.6 Å². The minimum Gasteiger partial charge on any atom is -0.399 e. The fourth-order valence-corrected chi connectivity index (χ4v) is 4.52. The fraction of sp³-hybridized carbons (Fsp3) is 0.273. The number of nitrogens with one attached hydrogen (secondary N) is 1. The SMILES string of the molecule is Cc1cc(N)cc(S(=O)(=O)NC2C=CS(=O)(=O)C2)c1. The molecule has 1 aliphatic rings. The molecule has 0 saturated carbocycles. The number of hydrogen-bond donors (Lipinski definition) is 2. The van der Waals surface area contributed by atoms with Crippen LogP contribution in [0.25, 0.3) is 0 Å². The molecule has 1 aromatic rings. The Morgan fingerprint density at radius 1 is 1.32 bits per heavy atom. The molecular weight excluding hydrogens is 288 g/mol. The number of aryl methyl sites for hydroxylation is 1. The number of anilines is 1. The van der Waals surface area contributed by atoms with Gasteiger partial charge in [0.15, 0.2) is 9.84 Å². The summed E-state index contributed by atoms with van der Waals surface area (Å²) in [6.07, 6.45) is 1.33. The summed E-state index contributed by atoms with van der Waals surface area (Å²) < 4.78 is 49.0. The molecule has 0 aromatic heterocycles. The molecule has 6 nitrogen and oxygen atoms in total. The van der Waals surface area contributed by atoms with Gasteiger partial charge in [-0.25, -0.2) is 21.6 Å². The summed E-state index contributed by atoms with van der Waals surface area (Å²) >= 11 is 0. The van der Waals surface area contributed by atoms with Crippen molar-refractivity contribution in [2.75, 3.05) is 11.5 Å². The van der Waals surface area contributed by atoms with Crippen molar-refractivity contribution in [2.24, 2.45) is 0 Å². The van der Waals surface area contributed by atoms with Gasteiger partial charge in [0.1, 0.15) is 0 Å². The third kappa shape index (κ3) is 3.34. The van der Waals surface area contributed by atoms with E-state index >= 15 is 0 Å². The monoisotopic (exact) mass is 302 g/mol. The van der Waals surface area contributed by atoms with E-state index in [2.05, 4.69) is 4.72 Å². The minimum absolute atomic E-state index is 0.0303. The Hall–Kier alpha value is -1.38. The van der Waals surface area contributed by atoms with Crippen LogP contribution in [-0.4, -0.2) is 28.6 Å². The molecule has 1 unspecified atom stereocenters. The molecule has 1 aliphatic heterocycles. The molecule has 3 N–H and O–H groups in total. The van der Waals surface area contributed by atoms with E-state index in [4.69, 9.17) is 5.73 Å². The topological polar surface area (TPSA) is 106 Å². The highest BCUT2D eigenvalue weighted by atomic mass is 32.2. The first-order chi connectivity index (χ1) is 8.68. The minimum atomic E-state index is -3.78. The van der Waals surface area contributed by atoms with Crippen molar-refractivity contribution in [3.05, 3.63) is 35.2 Å². The molecule has 2 rings (SSSR count). The van der Waals surface area contributed by atoms with Crippen LogP contribution in [0.4, 0.5) is 5.69 Å². The third-order valence-corrected chi connectivity index (χ3v) is 5.48. The lowest BCUT2D eigenvalue weighted by molar-refractivity contribution is 0.575. The Morgan fingerprint density at radius 3 is 2.53 bits per heavy atom. The molecule has 0 amide bonds. The average molecular weight is 302 g/mol. The zero-order valence-electron chi connectivity index (χ0n) is 10.2.